The first-order chi connectivity index (χ1) is 8.63. The van der Waals surface area contributed by atoms with Crippen LogP contribution in [-0.2, 0) is 6.42 Å². The molecule has 0 saturated heterocycles. The molecule has 0 aromatic heterocycles. The van der Waals surface area contributed by atoms with Crippen molar-refractivity contribution in [2.75, 3.05) is 20.1 Å². The van der Waals surface area contributed by atoms with Gasteiger partial charge in [-0.25, -0.2) is 8.78 Å². The molecule has 0 aliphatic carbocycles. The summed E-state index contributed by atoms with van der Waals surface area (Å²) in [5, 5.41) is 0. The Morgan fingerprint density at radius 3 is 2.78 bits per heavy atom. The van der Waals surface area contributed by atoms with Gasteiger partial charge in [-0.15, -0.1) is 0 Å². The SMILES string of the molecule is CCCc1cc(F)cc(F)c1C1=NCCCN1C. The topological polar surface area (TPSA) is 15.6 Å². The first-order valence-corrected chi connectivity index (χ1v) is 6.37. The van der Waals surface area contributed by atoms with Crippen LogP contribution in [0.1, 0.15) is 30.9 Å². The Balaban J connectivity index is 2.51. The van der Waals surface area contributed by atoms with Gasteiger partial charge >= 0.3 is 0 Å². The molecule has 18 heavy (non-hydrogen) atoms. The molecule has 98 valence electrons. The predicted octanol–water partition coefficient (Wildman–Crippen LogP) is 3.00. The summed E-state index contributed by atoms with van der Waals surface area (Å²) in [5.41, 5.74) is 1.18. The van der Waals surface area contributed by atoms with Crippen molar-refractivity contribution in [3.05, 3.63) is 34.9 Å². The van der Waals surface area contributed by atoms with Crippen molar-refractivity contribution < 1.29 is 8.78 Å². The van der Waals surface area contributed by atoms with E-state index in [1.807, 2.05) is 18.9 Å². The molecule has 1 aromatic carbocycles. The summed E-state index contributed by atoms with van der Waals surface area (Å²) < 4.78 is 27.3. The van der Waals surface area contributed by atoms with E-state index < -0.39 is 11.6 Å². The van der Waals surface area contributed by atoms with Gasteiger partial charge in [-0.05, 0) is 24.5 Å². The highest BCUT2D eigenvalue weighted by Crippen LogP contribution is 2.21. The second kappa shape index (κ2) is 5.46. The zero-order valence-corrected chi connectivity index (χ0v) is 10.8. The molecule has 0 N–H and O–H groups in total. The molecule has 0 saturated carbocycles. The standard InChI is InChI=1S/C14H18F2N2/c1-3-5-10-8-11(15)9-12(16)13(10)14-17-6-4-7-18(14)2/h8-9H,3-7H2,1-2H3. The second-order valence-corrected chi connectivity index (χ2v) is 4.65. The highest BCUT2D eigenvalue weighted by Gasteiger charge is 2.21. The maximum atomic E-state index is 14.0. The van der Waals surface area contributed by atoms with E-state index in [2.05, 4.69) is 4.99 Å². The molecular weight excluding hydrogens is 234 g/mol. The molecule has 2 rings (SSSR count). The van der Waals surface area contributed by atoms with E-state index in [-0.39, 0.29) is 0 Å². The minimum absolute atomic E-state index is 0.473. The molecule has 0 atom stereocenters. The summed E-state index contributed by atoms with van der Waals surface area (Å²) in [5.74, 6) is -0.369. The van der Waals surface area contributed by atoms with Crippen molar-refractivity contribution in [1.82, 2.24) is 4.90 Å². The normalized spacial score (nSPS) is 15.8. The zero-order chi connectivity index (χ0) is 13.1. The van der Waals surface area contributed by atoms with E-state index in [0.29, 0.717) is 29.9 Å². The van der Waals surface area contributed by atoms with Gasteiger partial charge in [-0.3, -0.25) is 4.99 Å². The van der Waals surface area contributed by atoms with Crippen LogP contribution in [0.3, 0.4) is 0 Å². The molecule has 4 heteroatoms. The summed E-state index contributed by atoms with van der Waals surface area (Å²) >= 11 is 0. The van der Waals surface area contributed by atoms with E-state index in [9.17, 15) is 8.78 Å². The minimum atomic E-state index is -0.515. The maximum Gasteiger partial charge on any atom is 0.137 e. The highest BCUT2D eigenvalue weighted by atomic mass is 19.1. The average molecular weight is 252 g/mol. The van der Waals surface area contributed by atoms with Gasteiger partial charge in [0, 0.05) is 26.2 Å². The fraction of sp³-hybridized carbons (Fsp3) is 0.500. The third-order valence-electron chi connectivity index (χ3n) is 3.15. The molecule has 1 aliphatic rings. The number of halogens is 2. The van der Waals surface area contributed by atoms with Crippen molar-refractivity contribution in [3.8, 4) is 0 Å². The monoisotopic (exact) mass is 252 g/mol. The second-order valence-electron chi connectivity index (χ2n) is 4.65. The van der Waals surface area contributed by atoms with E-state index in [1.165, 1.54) is 6.07 Å². The lowest BCUT2D eigenvalue weighted by Crippen LogP contribution is -2.34. The molecule has 0 unspecified atom stereocenters. The third kappa shape index (κ3) is 2.52. The van der Waals surface area contributed by atoms with E-state index in [0.717, 1.165) is 25.5 Å². The summed E-state index contributed by atoms with van der Waals surface area (Å²) in [6.07, 6.45) is 2.50. The fourth-order valence-corrected chi connectivity index (χ4v) is 2.33. The molecule has 1 aromatic rings. The van der Waals surface area contributed by atoms with Crippen molar-refractivity contribution >= 4 is 5.84 Å². The van der Waals surface area contributed by atoms with Crippen LogP contribution in [0, 0.1) is 11.6 Å². The number of benzene rings is 1. The van der Waals surface area contributed by atoms with Crippen LogP contribution in [-0.4, -0.2) is 30.9 Å². The van der Waals surface area contributed by atoms with E-state index >= 15 is 0 Å². The quantitative estimate of drug-likeness (QED) is 0.807. The lowest BCUT2D eigenvalue weighted by Gasteiger charge is -2.27. The van der Waals surface area contributed by atoms with Crippen LogP contribution in [0.4, 0.5) is 8.78 Å². The molecule has 1 heterocycles. The number of hydrogen-bond acceptors (Lipinski definition) is 2. The molecular formula is C14H18F2N2. The van der Waals surface area contributed by atoms with Crippen LogP contribution in [0.2, 0.25) is 0 Å². The Labute approximate surface area is 106 Å². The lowest BCUT2D eigenvalue weighted by atomic mass is 10.00. The number of rotatable bonds is 3. The van der Waals surface area contributed by atoms with E-state index in [1.54, 1.807) is 0 Å². The third-order valence-corrected chi connectivity index (χ3v) is 3.15. The largest absolute Gasteiger partial charge is 0.359 e. The molecule has 2 nitrogen and oxygen atoms in total. The van der Waals surface area contributed by atoms with Crippen LogP contribution in [0.15, 0.2) is 17.1 Å². The van der Waals surface area contributed by atoms with Gasteiger partial charge in [-0.1, -0.05) is 13.3 Å². The van der Waals surface area contributed by atoms with Crippen molar-refractivity contribution in [1.29, 1.82) is 0 Å². The molecule has 0 fully saturated rings. The van der Waals surface area contributed by atoms with Gasteiger partial charge < -0.3 is 4.90 Å². The van der Waals surface area contributed by atoms with Crippen LogP contribution >= 0.6 is 0 Å². The molecule has 0 amide bonds. The first kappa shape index (κ1) is 13.0. The summed E-state index contributed by atoms with van der Waals surface area (Å²) in [6, 6.07) is 2.37. The number of aliphatic imine (C=N–C) groups is 1. The van der Waals surface area contributed by atoms with Gasteiger partial charge in [-0.2, -0.15) is 0 Å². The van der Waals surface area contributed by atoms with Gasteiger partial charge in [0.1, 0.15) is 17.5 Å². The van der Waals surface area contributed by atoms with Gasteiger partial charge in [0.2, 0.25) is 0 Å². The fourth-order valence-electron chi connectivity index (χ4n) is 2.33. The summed E-state index contributed by atoms with van der Waals surface area (Å²) in [4.78, 5) is 6.34. The molecule has 0 bridgehead atoms. The lowest BCUT2D eigenvalue weighted by molar-refractivity contribution is 0.463. The summed E-state index contributed by atoms with van der Waals surface area (Å²) in [7, 11) is 1.90. The predicted molar refractivity (Wildman–Crippen MR) is 69.0 cm³/mol. The Kier molecular flexibility index (Phi) is 3.94. The Morgan fingerprint density at radius 1 is 1.33 bits per heavy atom. The summed E-state index contributed by atoms with van der Waals surface area (Å²) in [6.45, 7) is 3.57. The molecule has 1 aliphatic heterocycles. The Bertz CT molecular complexity index is 469. The minimum Gasteiger partial charge on any atom is -0.359 e. The molecule has 0 spiro atoms. The number of aryl methyl sites for hydroxylation is 1. The van der Waals surface area contributed by atoms with Gasteiger partial charge in [0.25, 0.3) is 0 Å². The average Bonchev–Trinajstić information content (AvgIpc) is 2.31. The smallest absolute Gasteiger partial charge is 0.137 e. The Morgan fingerprint density at radius 2 is 2.11 bits per heavy atom. The number of amidine groups is 1. The van der Waals surface area contributed by atoms with Crippen LogP contribution < -0.4 is 0 Å². The van der Waals surface area contributed by atoms with Crippen molar-refractivity contribution in [2.24, 2.45) is 4.99 Å². The first-order valence-electron chi connectivity index (χ1n) is 6.37. The van der Waals surface area contributed by atoms with Crippen LogP contribution in [0.5, 0.6) is 0 Å². The van der Waals surface area contributed by atoms with E-state index in [4.69, 9.17) is 0 Å². The molecule has 0 radical (unpaired) electrons. The highest BCUT2D eigenvalue weighted by molar-refractivity contribution is 6.00. The maximum absolute atomic E-state index is 14.0. The van der Waals surface area contributed by atoms with Crippen molar-refractivity contribution in [3.63, 3.8) is 0 Å². The van der Waals surface area contributed by atoms with Crippen LogP contribution in [0.25, 0.3) is 0 Å². The van der Waals surface area contributed by atoms with Gasteiger partial charge in [0.15, 0.2) is 0 Å². The number of hydrogen-bond donors (Lipinski definition) is 0. The van der Waals surface area contributed by atoms with Crippen molar-refractivity contribution in [2.45, 2.75) is 26.2 Å². The van der Waals surface area contributed by atoms with Gasteiger partial charge in [0.05, 0.1) is 5.56 Å². The number of nitrogens with zero attached hydrogens (tertiary/aromatic N) is 2. The zero-order valence-electron chi connectivity index (χ0n) is 10.8. The Hall–Kier alpha value is -1.45.